The average Bonchev–Trinajstić information content (AvgIpc) is 2.74. The summed E-state index contributed by atoms with van der Waals surface area (Å²) in [6.45, 7) is 1.88. The van der Waals surface area contributed by atoms with Crippen LogP contribution >= 0.6 is 0 Å². The van der Waals surface area contributed by atoms with Gasteiger partial charge in [-0.3, -0.25) is 0 Å². The van der Waals surface area contributed by atoms with Gasteiger partial charge in [-0.15, -0.1) is 0 Å². The van der Waals surface area contributed by atoms with Crippen LogP contribution in [0.3, 0.4) is 0 Å². The maximum Gasteiger partial charge on any atom is 0.373 e. The monoisotopic (exact) mass is 243 g/mol. The highest BCUT2D eigenvalue weighted by Crippen LogP contribution is 2.39. The Morgan fingerprint density at radius 3 is 2.89 bits per heavy atom. The number of nitrogens with zero attached hydrogens (tertiary/aromatic N) is 1. The van der Waals surface area contributed by atoms with Crippen LogP contribution in [0.1, 0.15) is 46.1 Å². The van der Waals surface area contributed by atoms with Crippen LogP contribution in [-0.2, 0) is 12.8 Å². The smallest absolute Gasteiger partial charge is 0.373 e. The number of fused-ring (bicyclic) bond motifs is 1. The maximum absolute atomic E-state index is 11.0. The molecule has 0 saturated heterocycles. The number of aryl methyl sites for hydroxylation is 1. The Morgan fingerprint density at radius 1 is 1.50 bits per heavy atom. The molecule has 1 aromatic heterocycles. The average molecular weight is 243 g/mol. The zero-order chi connectivity index (χ0) is 12.7. The van der Waals surface area contributed by atoms with Gasteiger partial charge in [0.1, 0.15) is 0 Å². The van der Waals surface area contributed by atoms with Crippen LogP contribution in [0, 0.1) is 0 Å². The van der Waals surface area contributed by atoms with E-state index < -0.39 is 5.97 Å². The van der Waals surface area contributed by atoms with E-state index in [4.69, 9.17) is 9.52 Å². The van der Waals surface area contributed by atoms with Gasteiger partial charge in [0.05, 0.1) is 11.6 Å². The standard InChI is InChI=1S/C14H13NO3/c1-2-11-12(14(16)17)18-13(15-11)10-7-8-5-3-4-6-9(8)10/h3-6,10H,2,7H2,1H3,(H,16,17). The third kappa shape index (κ3) is 1.53. The number of aromatic carboxylic acids is 1. The molecule has 4 heteroatoms. The molecule has 0 spiro atoms. The fourth-order valence-electron chi connectivity index (χ4n) is 2.40. The van der Waals surface area contributed by atoms with Crippen LogP contribution in [0.15, 0.2) is 28.7 Å². The number of rotatable bonds is 3. The summed E-state index contributed by atoms with van der Waals surface area (Å²) < 4.78 is 5.42. The van der Waals surface area contributed by atoms with Gasteiger partial charge in [-0.1, -0.05) is 31.2 Å². The van der Waals surface area contributed by atoms with Crippen molar-refractivity contribution >= 4 is 5.97 Å². The van der Waals surface area contributed by atoms with Crippen molar-refractivity contribution in [3.63, 3.8) is 0 Å². The number of hydrogen-bond donors (Lipinski definition) is 1. The predicted molar refractivity (Wildman–Crippen MR) is 64.8 cm³/mol. The molecule has 0 bridgehead atoms. The van der Waals surface area contributed by atoms with E-state index in [-0.39, 0.29) is 11.7 Å². The number of carboxylic acids is 1. The van der Waals surface area contributed by atoms with E-state index in [1.165, 1.54) is 11.1 Å². The Labute approximate surface area is 104 Å². The van der Waals surface area contributed by atoms with Crippen LogP contribution in [0.25, 0.3) is 0 Å². The van der Waals surface area contributed by atoms with Gasteiger partial charge in [0.2, 0.25) is 11.7 Å². The molecule has 0 aliphatic heterocycles. The van der Waals surface area contributed by atoms with Crippen molar-refractivity contribution < 1.29 is 14.3 Å². The molecule has 92 valence electrons. The first kappa shape index (κ1) is 11.0. The van der Waals surface area contributed by atoms with Crippen LogP contribution in [0.5, 0.6) is 0 Å². The highest BCUT2D eigenvalue weighted by Gasteiger charge is 2.32. The van der Waals surface area contributed by atoms with Gasteiger partial charge in [0.25, 0.3) is 0 Å². The van der Waals surface area contributed by atoms with Gasteiger partial charge in [-0.2, -0.15) is 0 Å². The molecule has 1 heterocycles. The van der Waals surface area contributed by atoms with E-state index in [9.17, 15) is 4.79 Å². The second kappa shape index (κ2) is 3.98. The second-order valence-electron chi connectivity index (χ2n) is 4.44. The third-order valence-corrected chi connectivity index (χ3v) is 3.40. The minimum atomic E-state index is -1.04. The van der Waals surface area contributed by atoms with E-state index in [0.29, 0.717) is 18.0 Å². The maximum atomic E-state index is 11.0. The minimum absolute atomic E-state index is 0.0168. The summed E-state index contributed by atoms with van der Waals surface area (Å²) in [7, 11) is 0. The summed E-state index contributed by atoms with van der Waals surface area (Å²) in [6, 6.07) is 8.10. The summed E-state index contributed by atoms with van der Waals surface area (Å²) in [5, 5.41) is 9.04. The third-order valence-electron chi connectivity index (χ3n) is 3.40. The predicted octanol–water partition coefficient (Wildman–Crippen LogP) is 2.62. The first-order valence-electron chi connectivity index (χ1n) is 6.01. The van der Waals surface area contributed by atoms with Gasteiger partial charge in [0, 0.05) is 0 Å². The molecular formula is C14H13NO3. The summed E-state index contributed by atoms with van der Waals surface area (Å²) >= 11 is 0. The molecule has 2 aromatic rings. The van der Waals surface area contributed by atoms with Gasteiger partial charge in [0.15, 0.2) is 0 Å². The number of carbonyl (C=O) groups is 1. The van der Waals surface area contributed by atoms with Gasteiger partial charge in [-0.25, -0.2) is 9.78 Å². The van der Waals surface area contributed by atoms with Crippen molar-refractivity contribution in [1.29, 1.82) is 0 Å². The summed E-state index contributed by atoms with van der Waals surface area (Å²) in [5.74, 6) is -0.419. The van der Waals surface area contributed by atoms with Gasteiger partial charge < -0.3 is 9.52 Å². The molecule has 1 aliphatic carbocycles. The van der Waals surface area contributed by atoms with Crippen molar-refractivity contribution in [2.24, 2.45) is 0 Å². The fourth-order valence-corrected chi connectivity index (χ4v) is 2.40. The molecule has 1 aromatic carbocycles. The largest absolute Gasteiger partial charge is 0.475 e. The van der Waals surface area contributed by atoms with Crippen molar-refractivity contribution in [3.05, 3.63) is 52.7 Å². The molecule has 0 radical (unpaired) electrons. The number of carboxylic acid groups (broad SMARTS) is 1. The molecule has 0 amide bonds. The lowest BCUT2D eigenvalue weighted by Gasteiger charge is -2.27. The van der Waals surface area contributed by atoms with E-state index in [2.05, 4.69) is 11.1 Å². The molecule has 1 atom stereocenters. The Balaban J connectivity index is 1.98. The molecule has 4 nitrogen and oxygen atoms in total. The Bertz CT molecular complexity index is 615. The molecule has 3 rings (SSSR count). The molecule has 0 fully saturated rings. The van der Waals surface area contributed by atoms with Crippen molar-refractivity contribution in [2.45, 2.75) is 25.7 Å². The summed E-state index contributed by atoms with van der Waals surface area (Å²) in [6.07, 6.45) is 1.44. The van der Waals surface area contributed by atoms with Crippen LogP contribution in [0.2, 0.25) is 0 Å². The van der Waals surface area contributed by atoms with Gasteiger partial charge in [-0.05, 0) is 24.0 Å². The topological polar surface area (TPSA) is 63.3 Å². The molecule has 1 unspecified atom stereocenters. The minimum Gasteiger partial charge on any atom is -0.475 e. The normalized spacial score (nSPS) is 17.1. The highest BCUT2D eigenvalue weighted by atomic mass is 16.4. The summed E-state index contributed by atoms with van der Waals surface area (Å²) in [4.78, 5) is 15.4. The Morgan fingerprint density at radius 2 is 2.28 bits per heavy atom. The van der Waals surface area contributed by atoms with Crippen LogP contribution < -0.4 is 0 Å². The lowest BCUT2D eigenvalue weighted by Crippen LogP contribution is -2.18. The number of oxazole rings is 1. The Kier molecular flexibility index (Phi) is 2.44. The van der Waals surface area contributed by atoms with Crippen LogP contribution in [-0.4, -0.2) is 16.1 Å². The number of aromatic nitrogens is 1. The molecule has 18 heavy (non-hydrogen) atoms. The van der Waals surface area contributed by atoms with Crippen molar-refractivity contribution in [3.8, 4) is 0 Å². The van der Waals surface area contributed by atoms with Crippen LogP contribution in [0.4, 0.5) is 0 Å². The molecule has 1 N–H and O–H groups in total. The molecule has 1 aliphatic rings. The van der Waals surface area contributed by atoms with Crippen molar-refractivity contribution in [2.75, 3.05) is 0 Å². The lowest BCUT2D eigenvalue weighted by molar-refractivity contribution is 0.0658. The zero-order valence-corrected chi connectivity index (χ0v) is 10.0. The SMILES string of the molecule is CCc1nc(C2Cc3ccccc32)oc1C(=O)O. The highest BCUT2D eigenvalue weighted by molar-refractivity contribution is 5.85. The van der Waals surface area contributed by atoms with Crippen molar-refractivity contribution in [1.82, 2.24) is 4.98 Å². The van der Waals surface area contributed by atoms with E-state index in [0.717, 1.165) is 6.42 Å². The fraction of sp³-hybridized carbons (Fsp3) is 0.286. The first-order chi connectivity index (χ1) is 8.70. The van der Waals surface area contributed by atoms with E-state index in [1.54, 1.807) is 0 Å². The van der Waals surface area contributed by atoms with E-state index in [1.807, 2.05) is 25.1 Å². The zero-order valence-electron chi connectivity index (χ0n) is 10.0. The summed E-state index contributed by atoms with van der Waals surface area (Å²) in [5.41, 5.74) is 3.01. The first-order valence-corrected chi connectivity index (χ1v) is 6.01. The molecule has 0 saturated carbocycles. The number of benzene rings is 1. The molecular weight excluding hydrogens is 230 g/mol. The van der Waals surface area contributed by atoms with E-state index >= 15 is 0 Å². The quantitative estimate of drug-likeness (QED) is 0.900. The Hall–Kier alpha value is -2.10. The second-order valence-corrected chi connectivity index (χ2v) is 4.44. The lowest BCUT2D eigenvalue weighted by atomic mass is 9.77. The van der Waals surface area contributed by atoms with Gasteiger partial charge >= 0.3 is 5.97 Å². The number of hydrogen-bond acceptors (Lipinski definition) is 3.